The Hall–Kier alpha value is -3.40. The summed E-state index contributed by atoms with van der Waals surface area (Å²) in [5.74, 6) is -0.489. The summed E-state index contributed by atoms with van der Waals surface area (Å²) in [5, 5.41) is 16.3. The molecule has 1 fully saturated rings. The fourth-order valence-corrected chi connectivity index (χ4v) is 3.50. The molecule has 0 spiro atoms. The highest BCUT2D eigenvalue weighted by molar-refractivity contribution is 5.67. The normalized spacial score (nSPS) is 13.6. The summed E-state index contributed by atoms with van der Waals surface area (Å²) < 4.78 is 30.5. The van der Waals surface area contributed by atoms with E-state index in [1.807, 2.05) is 6.07 Å². The SMILES string of the molecule is CNc1cc(-c2ccc(C#N)c(F)c2)n(-c2ccc(N3CCCC3)cc2F)n1. The number of benzene rings is 2. The highest BCUT2D eigenvalue weighted by Gasteiger charge is 2.18. The number of hydrogen-bond acceptors (Lipinski definition) is 4. The van der Waals surface area contributed by atoms with Gasteiger partial charge in [0.05, 0.1) is 11.3 Å². The molecule has 142 valence electrons. The first kappa shape index (κ1) is 18.0. The Kier molecular flexibility index (Phi) is 4.70. The lowest BCUT2D eigenvalue weighted by molar-refractivity contribution is 0.611. The Morgan fingerprint density at radius 3 is 2.46 bits per heavy atom. The second-order valence-electron chi connectivity index (χ2n) is 6.71. The van der Waals surface area contributed by atoms with Crippen molar-refractivity contribution in [2.45, 2.75) is 12.8 Å². The zero-order chi connectivity index (χ0) is 19.7. The van der Waals surface area contributed by atoms with Gasteiger partial charge in [0.1, 0.15) is 23.4 Å². The Morgan fingerprint density at radius 2 is 1.82 bits per heavy atom. The maximum Gasteiger partial charge on any atom is 0.150 e. The number of anilines is 2. The fourth-order valence-electron chi connectivity index (χ4n) is 3.50. The molecule has 1 aliphatic heterocycles. The Morgan fingerprint density at radius 1 is 1.04 bits per heavy atom. The number of nitrogens with zero attached hydrogens (tertiary/aromatic N) is 4. The summed E-state index contributed by atoms with van der Waals surface area (Å²) in [6.07, 6.45) is 2.23. The number of aromatic nitrogens is 2. The quantitative estimate of drug-likeness (QED) is 0.733. The van der Waals surface area contributed by atoms with Crippen molar-refractivity contribution in [3.05, 3.63) is 59.7 Å². The van der Waals surface area contributed by atoms with Gasteiger partial charge in [0.25, 0.3) is 0 Å². The number of hydrogen-bond donors (Lipinski definition) is 1. The third-order valence-corrected chi connectivity index (χ3v) is 4.98. The van der Waals surface area contributed by atoms with E-state index in [-0.39, 0.29) is 11.3 Å². The molecule has 7 heteroatoms. The highest BCUT2D eigenvalue weighted by atomic mass is 19.1. The van der Waals surface area contributed by atoms with Crippen LogP contribution in [0.1, 0.15) is 18.4 Å². The number of nitriles is 1. The molecule has 0 radical (unpaired) electrons. The van der Waals surface area contributed by atoms with E-state index in [0.717, 1.165) is 31.6 Å². The maximum absolute atomic E-state index is 15.0. The minimum atomic E-state index is -0.622. The molecule has 1 aromatic heterocycles. The average Bonchev–Trinajstić information content (AvgIpc) is 3.38. The summed E-state index contributed by atoms with van der Waals surface area (Å²) in [4.78, 5) is 2.16. The monoisotopic (exact) mass is 379 g/mol. The molecule has 28 heavy (non-hydrogen) atoms. The van der Waals surface area contributed by atoms with Gasteiger partial charge in [-0.05, 0) is 43.2 Å². The molecule has 0 amide bonds. The van der Waals surface area contributed by atoms with Crippen LogP contribution in [0.4, 0.5) is 20.3 Å². The lowest BCUT2D eigenvalue weighted by Gasteiger charge is -2.18. The van der Waals surface area contributed by atoms with Gasteiger partial charge in [-0.3, -0.25) is 0 Å². The van der Waals surface area contributed by atoms with Crippen LogP contribution in [-0.4, -0.2) is 29.9 Å². The average molecular weight is 379 g/mol. The van der Waals surface area contributed by atoms with Gasteiger partial charge in [-0.2, -0.15) is 5.26 Å². The van der Waals surface area contributed by atoms with Crippen LogP contribution in [0.5, 0.6) is 0 Å². The summed E-state index contributed by atoms with van der Waals surface area (Å²) in [5.41, 5.74) is 2.13. The Labute approximate surface area is 161 Å². The lowest BCUT2D eigenvalue weighted by Crippen LogP contribution is -2.18. The van der Waals surface area contributed by atoms with Gasteiger partial charge in [0.15, 0.2) is 5.82 Å². The van der Waals surface area contributed by atoms with Crippen LogP contribution in [0.15, 0.2) is 42.5 Å². The zero-order valence-corrected chi connectivity index (χ0v) is 15.4. The fraction of sp³-hybridized carbons (Fsp3) is 0.238. The first-order chi connectivity index (χ1) is 13.6. The predicted octanol–water partition coefficient (Wildman–Crippen LogP) is 4.33. The Bertz CT molecular complexity index is 1060. The van der Waals surface area contributed by atoms with Crippen LogP contribution in [0.25, 0.3) is 16.9 Å². The van der Waals surface area contributed by atoms with Crippen LogP contribution in [0.2, 0.25) is 0 Å². The molecule has 0 saturated carbocycles. The molecular weight excluding hydrogens is 360 g/mol. The van der Waals surface area contributed by atoms with Crippen molar-refractivity contribution in [1.82, 2.24) is 9.78 Å². The molecule has 1 aliphatic rings. The zero-order valence-electron chi connectivity index (χ0n) is 15.4. The number of nitrogens with one attached hydrogen (secondary N) is 1. The van der Waals surface area contributed by atoms with Gasteiger partial charge in [0.2, 0.25) is 0 Å². The second-order valence-corrected chi connectivity index (χ2v) is 6.71. The molecule has 0 aliphatic carbocycles. The third kappa shape index (κ3) is 3.18. The van der Waals surface area contributed by atoms with Crippen molar-refractivity contribution < 1.29 is 8.78 Å². The second kappa shape index (κ2) is 7.31. The van der Waals surface area contributed by atoms with Gasteiger partial charge in [-0.25, -0.2) is 13.5 Å². The van der Waals surface area contributed by atoms with Crippen molar-refractivity contribution in [2.75, 3.05) is 30.4 Å². The van der Waals surface area contributed by atoms with Crippen LogP contribution in [-0.2, 0) is 0 Å². The topological polar surface area (TPSA) is 56.9 Å². The van der Waals surface area contributed by atoms with Crippen LogP contribution in [0.3, 0.4) is 0 Å². The third-order valence-electron chi connectivity index (χ3n) is 4.98. The van der Waals surface area contributed by atoms with Crippen molar-refractivity contribution in [3.8, 4) is 23.0 Å². The van der Waals surface area contributed by atoms with Crippen LogP contribution >= 0.6 is 0 Å². The van der Waals surface area contributed by atoms with E-state index in [1.54, 1.807) is 31.3 Å². The standard InChI is InChI=1S/C21H19F2N5/c1-25-21-12-20(14-4-5-15(13-24)17(22)10-14)28(26-21)19-7-6-16(11-18(19)23)27-8-2-3-9-27/h4-7,10-12H,2-3,8-9H2,1H3,(H,25,26). The molecule has 0 unspecified atom stereocenters. The van der Waals surface area contributed by atoms with E-state index in [0.29, 0.717) is 17.1 Å². The van der Waals surface area contributed by atoms with E-state index in [1.165, 1.54) is 22.9 Å². The van der Waals surface area contributed by atoms with E-state index in [4.69, 9.17) is 5.26 Å². The van der Waals surface area contributed by atoms with Gasteiger partial charge < -0.3 is 10.2 Å². The highest BCUT2D eigenvalue weighted by Crippen LogP contribution is 2.30. The van der Waals surface area contributed by atoms with Crippen LogP contribution in [0, 0.1) is 23.0 Å². The maximum atomic E-state index is 15.0. The van der Waals surface area contributed by atoms with E-state index in [9.17, 15) is 8.78 Å². The predicted molar refractivity (Wildman–Crippen MR) is 105 cm³/mol. The van der Waals surface area contributed by atoms with Gasteiger partial charge >= 0.3 is 0 Å². The van der Waals surface area contributed by atoms with Crippen LogP contribution < -0.4 is 10.2 Å². The molecule has 1 N–H and O–H groups in total. The summed E-state index contributed by atoms with van der Waals surface area (Å²) in [7, 11) is 1.71. The molecule has 5 nitrogen and oxygen atoms in total. The van der Waals surface area contributed by atoms with Gasteiger partial charge in [-0.1, -0.05) is 6.07 Å². The number of halogens is 2. The van der Waals surface area contributed by atoms with Crippen molar-refractivity contribution in [1.29, 1.82) is 5.26 Å². The molecule has 2 aromatic carbocycles. The summed E-state index contributed by atoms with van der Waals surface area (Å²) in [6.45, 7) is 1.86. The summed E-state index contributed by atoms with van der Waals surface area (Å²) in [6, 6.07) is 12.9. The van der Waals surface area contributed by atoms with Crippen molar-refractivity contribution in [2.24, 2.45) is 0 Å². The molecule has 4 rings (SSSR count). The number of rotatable bonds is 4. The van der Waals surface area contributed by atoms with E-state index < -0.39 is 11.6 Å². The van der Waals surface area contributed by atoms with E-state index in [2.05, 4.69) is 15.3 Å². The molecular formula is C21H19F2N5. The minimum absolute atomic E-state index is 0.0372. The summed E-state index contributed by atoms with van der Waals surface area (Å²) >= 11 is 0. The molecule has 0 bridgehead atoms. The Balaban J connectivity index is 1.79. The smallest absolute Gasteiger partial charge is 0.150 e. The van der Waals surface area contributed by atoms with E-state index >= 15 is 0 Å². The largest absolute Gasteiger partial charge is 0.372 e. The molecule has 3 aromatic rings. The lowest BCUT2D eigenvalue weighted by atomic mass is 10.1. The van der Waals surface area contributed by atoms with Crippen molar-refractivity contribution >= 4 is 11.5 Å². The van der Waals surface area contributed by atoms with Crippen molar-refractivity contribution in [3.63, 3.8) is 0 Å². The van der Waals surface area contributed by atoms with Gasteiger partial charge in [0, 0.05) is 37.5 Å². The molecule has 1 saturated heterocycles. The first-order valence-electron chi connectivity index (χ1n) is 9.13. The molecule has 2 heterocycles. The first-order valence-corrected chi connectivity index (χ1v) is 9.13. The van der Waals surface area contributed by atoms with Gasteiger partial charge in [-0.15, -0.1) is 5.10 Å². The molecule has 0 atom stereocenters. The minimum Gasteiger partial charge on any atom is -0.372 e.